The van der Waals surface area contributed by atoms with Gasteiger partial charge in [0.2, 0.25) is 0 Å². The molecular weight excluding hydrogens is 434 g/mol. The van der Waals surface area contributed by atoms with Crippen LogP contribution in [-0.4, -0.2) is 20.1 Å². The van der Waals surface area contributed by atoms with Gasteiger partial charge in [-0.15, -0.1) is 0 Å². The molecule has 1 aliphatic heterocycles. The monoisotopic (exact) mass is 459 g/mol. The molecule has 1 amide bonds. The van der Waals surface area contributed by atoms with Gasteiger partial charge in [0.05, 0.1) is 25.6 Å². The summed E-state index contributed by atoms with van der Waals surface area (Å²) in [6.07, 6.45) is 3.80. The molecule has 4 nitrogen and oxygen atoms in total. The number of carbonyl (C=O) groups is 1. The van der Waals surface area contributed by atoms with Crippen molar-refractivity contribution in [3.63, 3.8) is 0 Å². The van der Waals surface area contributed by atoms with Crippen LogP contribution >= 0.6 is 11.6 Å². The van der Waals surface area contributed by atoms with Crippen LogP contribution in [0.4, 0.5) is 5.69 Å². The Hall–Kier alpha value is -3.50. The first kappa shape index (κ1) is 22.7. The Morgan fingerprint density at radius 1 is 0.909 bits per heavy atom. The lowest BCUT2D eigenvalue weighted by Gasteiger charge is -2.25. The molecule has 168 valence electrons. The van der Waals surface area contributed by atoms with E-state index in [1.54, 1.807) is 19.1 Å². The smallest absolute Gasteiger partial charge is 0.262 e. The lowest BCUT2D eigenvalue weighted by atomic mass is 10.00. The second-order valence-electron chi connectivity index (χ2n) is 8.10. The minimum absolute atomic E-state index is 0.0807. The van der Waals surface area contributed by atoms with Crippen molar-refractivity contribution in [2.75, 3.05) is 19.1 Å². The molecule has 33 heavy (non-hydrogen) atoms. The second kappa shape index (κ2) is 9.55. The quantitative estimate of drug-likeness (QED) is 0.374. The van der Waals surface area contributed by atoms with Gasteiger partial charge in [-0.2, -0.15) is 0 Å². The van der Waals surface area contributed by atoms with Crippen LogP contribution in [0, 0.1) is 0 Å². The number of halogens is 1. The molecule has 5 heteroatoms. The minimum Gasteiger partial charge on any atom is -0.493 e. The molecule has 1 heterocycles. The van der Waals surface area contributed by atoms with E-state index >= 15 is 0 Å². The Morgan fingerprint density at radius 2 is 1.61 bits per heavy atom. The number of ether oxygens (including phenoxy) is 2. The van der Waals surface area contributed by atoms with E-state index in [0.717, 1.165) is 28.1 Å². The molecule has 0 saturated carbocycles. The molecular formula is C28H26ClNO3. The molecule has 0 saturated heterocycles. The lowest BCUT2D eigenvalue weighted by molar-refractivity contribution is -0.113. The average molecular weight is 460 g/mol. The fraction of sp³-hybridized carbons (Fsp3) is 0.179. The topological polar surface area (TPSA) is 38.8 Å². The third kappa shape index (κ3) is 4.53. The van der Waals surface area contributed by atoms with E-state index in [4.69, 9.17) is 21.1 Å². The molecule has 0 bridgehead atoms. The van der Waals surface area contributed by atoms with Crippen LogP contribution in [0.25, 0.3) is 11.8 Å². The van der Waals surface area contributed by atoms with Crippen LogP contribution in [0.3, 0.4) is 0 Å². The number of carbonyl (C=O) groups excluding carboxylic acids is 1. The molecule has 0 spiro atoms. The van der Waals surface area contributed by atoms with Crippen LogP contribution < -0.4 is 14.4 Å². The summed E-state index contributed by atoms with van der Waals surface area (Å²) in [4.78, 5) is 15.5. The van der Waals surface area contributed by atoms with E-state index in [1.165, 1.54) is 0 Å². The van der Waals surface area contributed by atoms with Crippen LogP contribution in [0.1, 0.15) is 36.5 Å². The number of nitrogens with zero attached hydrogens (tertiary/aromatic N) is 1. The maximum absolute atomic E-state index is 13.7. The number of amides is 1. The number of methoxy groups -OCH3 is 2. The fourth-order valence-electron chi connectivity index (χ4n) is 3.99. The summed E-state index contributed by atoms with van der Waals surface area (Å²) < 4.78 is 10.8. The van der Waals surface area contributed by atoms with Crippen LogP contribution in [0.15, 0.2) is 78.4 Å². The summed E-state index contributed by atoms with van der Waals surface area (Å²) in [6.45, 7) is 4.26. The van der Waals surface area contributed by atoms with E-state index in [1.807, 2.05) is 72.8 Å². The van der Waals surface area contributed by atoms with Crippen molar-refractivity contribution in [2.24, 2.45) is 0 Å². The predicted molar refractivity (Wildman–Crippen MR) is 135 cm³/mol. The molecule has 0 fully saturated rings. The van der Waals surface area contributed by atoms with Crippen molar-refractivity contribution in [3.8, 4) is 11.5 Å². The third-order valence-electron chi connectivity index (χ3n) is 5.65. The molecule has 3 aromatic rings. The average Bonchev–Trinajstić information content (AvgIpc) is 3.14. The van der Waals surface area contributed by atoms with E-state index in [9.17, 15) is 4.79 Å². The van der Waals surface area contributed by atoms with Crippen molar-refractivity contribution < 1.29 is 14.3 Å². The number of hydrogen-bond acceptors (Lipinski definition) is 3. The third-order valence-corrected chi connectivity index (χ3v) is 5.90. The zero-order valence-corrected chi connectivity index (χ0v) is 19.9. The summed E-state index contributed by atoms with van der Waals surface area (Å²) in [7, 11) is 3.19. The first-order valence-electron chi connectivity index (χ1n) is 10.8. The van der Waals surface area contributed by atoms with E-state index in [-0.39, 0.29) is 11.8 Å². The molecule has 0 aliphatic carbocycles. The van der Waals surface area contributed by atoms with Crippen LogP contribution in [-0.2, 0) is 4.79 Å². The van der Waals surface area contributed by atoms with E-state index in [2.05, 4.69) is 19.9 Å². The Bertz CT molecular complexity index is 1240. The van der Waals surface area contributed by atoms with Gasteiger partial charge in [-0.1, -0.05) is 61.8 Å². The van der Waals surface area contributed by atoms with Crippen molar-refractivity contribution >= 4 is 35.0 Å². The Morgan fingerprint density at radius 3 is 2.27 bits per heavy atom. The molecule has 4 rings (SSSR count). The first-order valence-corrected chi connectivity index (χ1v) is 11.2. The van der Waals surface area contributed by atoms with Gasteiger partial charge in [-0.05, 0) is 65.1 Å². The van der Waals surface area contributed by atoms with Gasteiger partial charge in [-0.25, -0.2) is 0 Å². The maximum Gasteiger partial charge on any atom is 0.262 e. The molecule has 0 N–H and O–H groups in total. The van der Waals surface area contributed by atoms with Gasteiger partial charge in [0.15, 0.2) is 11.5 Å². The lowest BCUT2D eigenvalue weighted by Crippen LogP contribution is -2.26. The van der Waals surface area contributed by atoms with Crippen molar-refractivity contribution in [1.82, 2.24) is 0 Å². The SMILES string of the molecule is COc1ccc(/C=C2\C=C(c3ccc(Cl)cc3)N(c3ccccc3C(C)C)C2=O)cc1OC. The number of hydrogen-bond donors (Lipinski definition) is 0. The van der Waals surface area contributed by atoms with Crippen LogP contribution in [0.2, 0.25) is 5.02 Å². The zero-order valence-electron chi connectivity index (χ0n) is 19.1. The van der Waals surface area contributed by atoms with Gasteiger partial charge in [0, 0.05) is 10.6 Å². The largest absolute Gasteiger partial charge is 0.493 e. The van der Waals surface area contributed by atoms with Gasteiger partial charge >= 0.3 is 0 Å². The molecule has 0 atom stereocenters. The second-order valence-corrected chi connectivity index (χ2v) is 8.54. The van der Waals surface area contributed by atoms with Gasteiger partial charge in [-0.3, -0.25) is 9.69 Å². The first-order chi connectivity index (χ1) is 15.9. The highest BCUT2D eigenvalue weighted by molar-refractivity contribution is 6.30. The zero-order chi connectivity index (χ0) is 23.5. The molecule has 0 radical (unpaired) electrons. The molecule has 1 aliphatic rings. The fourth-order valence-corrected chi connectivity index (χ4v) is 4.12. The van der Waals surface area contributed by atoms with Gasteiger partial charge in [0.1, 0.15) is 0 Å². The number of benzene rings is 3. The highest BCUT2D eigenvalue weighted by atomic mass is 35.5. The minimum atomic E-state index is -0.0807. The van der Waals surface area contributed by atoms with Crippen molar-refractivity contribution in [1.29, 1.82) is 0 Å². The van der Waals surface area contributed by atoms with Crippen LogP contribution in [0.5, 0.6) is 11.5 Å². The number of rotatable bonds is 6. The molecule has 0 aromatic heterocycles. The summed E-state index contributed by atoms with van der Waals surface area (Å²) in [5.41, 5.74) is 5.17. The number of para-hydroxylation sites is 1. The Kier molecular flexibility index (Phi) is 6.57. The standard InChI is InChI=1S/C28H26ClNO3/c1-18(2)23-7-5-6-8-24(23)30-25(20-10-12-22(29)13-11-20)17-21(28(30)31)15-19-9-14-26(32-3)27(16-19)33-4/h5-18H,1-4H3/b21-15+. The predicted octanol–water partition coefficient (Wildman–Crippen LogP) is 6.95. The van der Waals surface area contributed by atoms with E-state index in [0.29, 0.717) is 22.1 Å². The normalized spacial score (nSPS) is 14.7. The summed E-state index contributed by atoms with van der Waals surface area (Å²) in [5, 5.41) is 0.652. The van der Waals surface area contributed by atoms with Crippen molar-refractivity contribution in [2.45, 2.75) is 19.8 Å². The summed E-state index contributed by atoms with van der Waals surface area (Å²) in [6, 6.07) is 21.2. The van der Waals surface area contributed by atoms with E-state index < -0.39 is 0 Å². The Labute approximate surface area is 199 Å². The van der Waals surface area contributed by atoms with Gasteiger partial charge < -0.3 is 9.47 Å². The highest BCUT2D eigenvalue weighted by Crippen LogP contribution is 2.39. The Balaban J connectivity index is 1.85. The molecule has 3 aromatic carbocycles. The molecule has 0 unspecified atom stereocenters. The van der Waals surface area contributed by atoms with Crippen molar-refractivity contribution in [3.05, 3.63) is 100 Å². The maximum atomic E-state index is 13.7. The summed E-state index contributed by atoms with van der Waals surface area (Å²) in [5.74, 6) is 1.44. The number of anilines is 1. The highest BCUT2D eigenvalue weighted by Gasteiger charge is 2.32. The van der Waals surface area contributed by atoms with Gasteiger partial charge in [0.25, 0.3) is 5.91 Å². The summed E-state index contributed by atoms with van der Waals surface area (Å²) >= 11 is 6.12.